The normalized spacial score (nSPS) is 13.9. The smallest absolute Gasteiger partial charge is 0.228 e. The van der Waals surface area contributed by atoms with Gasteiger partial charge < -0.3 is 29.2 Å². The summed E-state index contributed by atoms with van der Waals surface area (Å²) in [6.45, 7) is 2.66. The summed E-state index contributed by atoms with van der Waals surface area (Å²) in [5.74, 6) is 1.98. The Morgan fingerprint density at radius 1 is 0.943 bits per heavy atom. The summed E-state index contributed by atoms with van der Waals surface area (Å²) in [7, 11) is 1.63. The van der Waals surface area contributed by atoms with Crippen LogP contribution in [0.5, 0.6) is 11.5 Å². The van der Waals surface area contributed by atoms with E-state index < -0.39 is 0 Å². The predicted molar refractivity (Wildman–Crippen MR) is 136 cm³/mol. The molecule has 0 amide bonds. The fourth-order valence-corrected chi connectivity index (χ4v) is 4.42. The van der Waals surface area contributed by atoms with E-state index in [1.165, 1.54) is 0 Å². The van der Waals surface area contributed by atoms with Gasteiger partial charge in [0.15, 0.2) is 11.3 Å². The molecular formula is C27H24N4O4. The van der Waals surface area contributed by atoms with Crippen molar-refractivity contribution in [2.45, 2.75) is 0 Å². The van der Waals surface area contributed by atoms with Gasteiger partial charge in [0.2, 0.25) is 5.95 Å². The lowest BCUT2D eigenvalue weighted by Gasteiger charge is -2.27. The topological polar surface area (TPSA) is 92.9 Å². The summed E-state index contributed by atoms with van der Waals surface area (Å²) < 4.78 is 17.4. The minimum Gasteiger partial charge on any atom is -0.508 e. The van der Waals surface area contributed by atoms with E-state index in [-0.39, 0.29) is 5.75 Å². The van der Waals surface area contributed by atoms with E-state index in [1.54, 1.807) is 25.3 Å². The third-order valence-corrected chi connectivity index (χ3v) is 6.12. The molecule has 1 aliphatic rings. The monoisotopic (exact) mass is 468 g/mol. The number of rotatable bonds is 5. The molecule has 1 aliphatic heterocycles. The van der Waals surface area contributed by atoms with Crippen LogP contribution in [0, 0.1) is 0 Å². The number of methoxy groups -OCH3 is 1. The molecule has 3 heterocycles. The molecule has 2 aromatic heterocycles. The van der Waals surface area contributed by atoms with E-state index in [2.05, 4.69) is 10.2 Å². The molecule has 0 unspecified atom stereocenters. The Morgan fingerprint density at radius 3 is 2.63 bits per heavy atom. The minimum absolute atomic E-state index is 0.181. The van der Waals surface area contributed by atoms with Crippen molar-refractivity contribution in [1.82, 2.24) is 9.97 Å². The molecule has 0 bridgehead atoms. The maximum atomic E-state index is 10.0. The fraction of sp³-hybridized carbons (Fsp3) is 0.185. The number of morpholine rings is 1. The summed E-state index contributed by atoms with van der Waals surface area (Å²) >= 11 is 0. The molecule has 5 aromatic rings. The van der Waals surface area contributed by atoms with Gasteiger partial charge in [-0.3, -0.25) is 0 Å². The standard InChI is InChI=1S/C27H24N4O4/c1-33-26-21(10-9-20-19-7-2-3-8-23(19)35-25(20)26)28-24-16-22(17-5-4-6-18(32)15-17)29-27(30-24)31-11-13-34-14-12-31/h2-10,15-16,32H,11-14H2,1H3,(H,28,29,30). The van der Waals surface area contributed by atoms with E-state index in [0.717, 1.165) is 27.6 Å². The first-order chi connectivity index (χ1) is 17.2. The number of phenolic OH excluding ortho intramolecular Hbond substituents is 1. The second kappa shape index (κ2) is 8.81. The molecule has 1 saturated heterocycles. The van der Waals surface area contributed by atoms with Crippen molar-refractivity contribution in [1.29, 1.82) is 0 Å². The number of nitrogens with one attached hydrogen (secondary N) is 1. The van der Waals surface area contributed by atoms with Gasteiger partial charge in [-0.15, -0.1) is 0 Å². The number of ether oxygens (including phenoxy) is 2. The minimum atomic E-state index is 0.181. The van der Waals surface area contributed by atoms with Crippen molar-refractivity contribution in [3.8, 4) is 22.8 Å². The van der Waals surface area contributed by atoms with Gasteiger partial charge in [0.25, 0.3) is 0 Å². The average Bonchev–Trinajstić information content (AvgIpc) is 3.28. The van der Waals surface area contributed by atoms with Crippen molar-refractivity contribution >= 4 is 39.4 Å². The lowest BCUT2D eigenvalue weighted by atomic mass is 10.1. The number of furan rings is 1. The second-order valence-electron chi connectivity index (χ2n) is 8.33. The number of hydrogen-bond donors (Lipinski definition) is 2. The maximum Gasteiger partial charge on any atom is 0.228 e. The lowest BCUT2D eigenvalue weighted by Crippen LogP contribution is -2.37. The Kier molecular flexibility index (Phi) is 5.35. The second-order valence-corrected chi connectivity index (χ2v) is 8.33. The third kappa shape index (κ3) is 3.98. The van der Waals surface area contributed by atoms with Crippen molar-refractivity contribution in [2.24, 2.45) is 0 Å². The van der Waals surface area contributed by atoms with Gasteiger partial charge in [0, 0.05) is 35.5 Å². The molecule has 0 saturated carbocycles. The molecule has 176 valence electrons. The largest absolute Gasteiger partial charge is 0.508 e. The van der Waals surface area contributed by atoms with Gasteiger partial charge in [-0.05, 0) is 30.3 Å². The van der Waals surface area contributed by atoms with Gasteiger partial charge >= 0.3 is 0 Å². The Morgan fingerprint density at radius 2 is 1.80 bits per heavy atom. The fourth-order valence-electron chi connectivity index (χ4n) is 4.42. The number of aromatic hydroxyl groups is 1. The van der Waals surface area contributed by atoms with Crippen LogP contribution in [0.15, 0.2) is 71.1 Å². The van der Waals surface area contributed by atoms with E-state index in [4.69, 9.17) is 23.9 Å². The number of fused-ring (bicyclic) bond motifs is 3. The highest BCUT2D eigenvalue weighted by atomic mass is 16.5. The maximum absolute atomic E-state index is 10.0. The van der Waals surface area contributed by atoms with Crippen LogP contribution in [-0.2, 0) is 4.74 Å². The molecule has 35 heavy (non-hydrogen) atoms. The van der Waals surface area contributed by atoms with E-state index >= 15 is 0 Å². The number of aromatic nitrogens is 2. The quantitative estimate of drug-likeness (QED) is 0.357. The van der Waals surface area contributed by atoms with Crippen LogP contribution >= 0.6 is 0 Å². The zero-order valence-corrected chi connectivity index (χ0v) is 19.2. The zero-order chi connectivity index (χ0) is 23.8. The highest BCUT2D eigenvalue weighted by Gasteiger charge is 2.19. The van der Waals surface area contributed by atoms with Crippen molar-refractivity contribution < 1.29 is 19.0 Å². The summed E-state index contributed by atoms with van der Waals surface area (Å²) in [5, 5.41) is 15.4. The predicted octanol–water partition coefficient (Wildman–Crippen LogP) is 5.34. The van der Waals surface area contributed by atoms with Gasteiger partial charge in [-0.25, -0.2) is 4.98 Å². The Hall–Kier alpha value is -4.30. The van der Waals surface area contributed by atoms with Gasteiger partial charge in [0.05, 0.1) is 31.7 Å². The van der Waals surface area contributed by atoms with Gasteiger partial charge in [-0.1, -0.05) is 30.3 Å². The van der Waals surface area contributed by atoms with Crippen molar-refractivity contribution in [3.05, 3.63) is 66.7 Å². The summed E-state index contributed by atoms with van der Waals surface area (Å²) in [4.78, 5) is 11.7. The van der Waals surface area contributed by atoms with Crippen molar-refractivity contribution in [3.63, 3.8) is 0 Å². The first-order valence-corrected chi connectivity index (χ1v) is 11.5. The van der Waals surface area contributed by atoms with Crippen LogP contribution in [0.3, 0.4) is 0 Å². The van der Waals surface area contributed by atoms with Crippen LogP contribution in [0.1, 0.15) is 0 Å². The molecule has 6 rings (SSSR count). The first-order valence-electron chi connectivity index (χ1n) is 11.5. The summed E-state index contributed by atoms with van der Waals surface area (Å²) in [6, 6.07) is 20.8. The highest BCUT2D eigenvalue weighted by molar-refractivity contribution is 6.08. The molecule has 0 aliphatic carbocycles. The molecule has 0 atom stereocenters. The molecule has 0 radical (unpaired) electrons. The summed E-state index contributed by atoms with van der Waals surface area (Å²) in [5.41, 5.74) is 3.70. The zero-order valence-electron chi connectivity index (χ0n) is 19.2. The number of para-hydroxylation sites is 1. The molecule has 2 N–H and O–H groups in total. The van der Waals surface area contributed by atoms with Gasteiger partial charge in [0.1, 0.15) is 17.2 Å². The van der Waals surface area contributed by atoms with E-state index in [9.17, 15) is 5.11 Å². The van der Waals surface area contributed by atoms with Crippen LogP contribution in [-0.4, -0.2) is 48.5 Å². The molecule has 0 spiro atoms. The highest BCUT2D eigenvalue weighted by Crippen LogP contribution is 2.40. The van der Waals surface area contributed by atoms with Gasteiger partial charge in [-0.2, -0.15) is 4.98 Å². The molecule has 3 aromatic carbocycles. The number of hydrogen-bond acceptors (Lipinski definition) is 8. The first kappa shape index (κ1) is 21.2. The van der Waals surface area contributed by atoms with Crippen LogP contribution in [0.4, 0.5) is 17.5 Å². The van der Waals surface area contributed by atoms with Crippen LogP contribution in [0.2, 0.25) is 0 Å². The van der Waals surface area contributed by atoms with Crippen LogP contribution < -0.4 is 15.0 Å². The van der Waals surface area contributed by atoms with Crippen molar-refractivity contribution in [2.75, 3.05) is 43.6 Å². The lowest BCUT2D eigenvalue weighted by molar-refractivity contribution is 0.122. The number of anilines is 3. The van der Waals surface area contributed by atoms with E-state index in [0.29, 0.717) is 55.1 Å². The Labute approximate surface area is 201 Å². The van der Waals surface area contributed by atoms with Crippen LogP contribution in [0.25, 0.3) is 33.2 Å². The Bertz CT molecular complexity index is 1520. The Balaban J connectivity index is 1.45. The molecule has 1 fully saturated rings. The number of nitrogens with zero attached hydrogens (tertiary/aromatic N) is 3. The molecule has 8 nitrogen and oxygen atoms in total. The summed E-state index contributed by atoms with van der Waals surface area (Å²) in [6.07, 6.45) is 0. The third-order valence-electron chi connectivity index (χ3n) is 6.12. The molecular weight excluding hydrogens is 444 g/mol. The number of benzene rings is 3. The van der Waals surface area contributed by atoms with E-state index in [1.807, 2.05) is 48.5 Å². The average molecular weight is 469 g/mol. The SMILES string of the molecule is COc1c(Nc2cc(-c3cccc(O)c3)nc(N3CCOCC3)n2)ccc2c1oc1ccccc12. The number of phenols is 1. The molecule has 8 heteroatoms.